The molecule has 0 aliphatic carbocycles. The fourth-order valence-electron chi connectivity index (χ4n) is 5.03. The Labute approximate surface area is 190 Å². The van der Waals surface area contributed by atoms with Gasteiger partial charge in [0.25, 0.3) is 0 Å². The van der Waals surface area contributed by atoms with Crippen molar-refractivity contribution < 1.29 is 0 Å². The van der Waals surface area contributed by atoms with Crippen molar-refractivity contribution in [2.75, 3.05) is 0 Å². The predicted octanol–water partition coefficient (Wildman–Crippen LogP) is 7.24. The van der Waals surface area contributed by atoms with Crippen LogP contribution in [0.4, 0.5) is 5.69 Å². The van der Waals surface area contributed by atoms with Gasteiger partial charge in [-0.15, -0.1) is 0 Å². The third-order valence-electron chi connectivity index (χ3n) is 6.39. The first-order valence-electron chi connectivity index (χ1n) is 11.2. The lowest BCUT2D eigenvalue weighted by atomic mass is 10.2. The Morgan fingerprint density at radius 2 is 1.39 bits per heavy atom. The molecule has 7 rings (SSSR count). The van der Waals surface area contributed by atoms with Gasteiger partial charge in [-0.3, -0.25) is 9.98 Å². The molecule has 156 valence electrons. The summed E-state index contributed by atoms with van der Waals surface area (Å²) < 4.78 is 4.62. The number of hydrogen-bond acceptors (Lipinski definition) is 2. The highest BCUT2D eigenvalue weighted by atomic mass is 15.0. The van der Waals surface area contributed by atoms with Crippen molar-refractivity contribution in [2.45, 2.75) is 6.42 Å². The van der Waals surface area contributed by atoms with Crippen molar-refractivity contribution >= 4 is 50.8 Å². The van der Waals surface area contributed by atoms with Crippen LogP contribution in [0.3, 0.4) is 0 Å². The van der Waals surface area contributed by atoms with Crippen molar-refractivity contribution in [1.82, 2.24) is 14.1 Å². The van der Waals surface area contributed by atoms with E-state index in [1.165, 1.54) is 5.39 Å². The van der Waals surface area contributed by atoms with E-state index in [9.17, 15) is 0 Å². The molecule has 0 spiro atoms. The first kappa shape index (κ1) is 18.2. The summed E-state index contributed by atoms with van der Waals surface area (Å²) in [7, 11) is 0. The monoisotopic (exact) mass is 424 g/mol. The number of rotatable bonds is 2. The summed E-state index contributed by atoms with van der Waals surface area (Å²) in [5.41, 5.74) is 8.82. The van der Waals surface area contributed by atoms with Crippen molar-refractivity contribution in [3.63, 3.8) is 0 Å². The summed E-state index contributed by atoms with van der Waals surface area (Å²) in [6, 6.07) is 29.8. The number of nitrogens with zero attached hydrogens (tertiary/aromatic N) is 4. The number of fused-ring (bicyclic) bond motifs is 6. The highest BCUT2D eigenvalue weighted by Gasteiger charge is 2.18. The van der Waals surface area contributed by atoms with Crippen LogP contribution in [0.1, 0.15) is 12.1 Å². The number of benzene rings is 3. The van der Waals surface area contributed by atoms with Gasteiger partial charge in [0, 0.05) is 41.0 Å². The molecule has 0 radical (unpaired) electrons. The van der Waals surface area contributed by atoms with Crippen LogP contribution in [0.15, 0.2) is 102 Å². The van der Waals surface area contributed by atoms with Crippen LogP contribution in [0.5, 0.6) is 0 Å². The average molecular weight is 425 g/mol. The largest absolute Gasteiger partial charge is 0.308 e. The molecule has 0 N–H and O–H groups in total. The average Bonchev–Trinajstić information content (AvgIpc) is 3.25. The second-order valence-electron chi connectivity index (χ2n) is 8.28. The van der Waals surface area contributed by atoms with Gasteiger partial charge in [-0.1, -0.05) is 48.5 Å². The van der Waals surface area contributed by atoms with Gasteiger partial charge < -0.3 is 9.13 Å². The zero-order valence-electron chi connectivity index (χ0n) is 17.9. The van der Waals surface area contributed by atoms with Gasteiger partial charge in [-0.2, -0.15) is 0 Å². The maximum atomic E-state index is 4.79. The summed E-state index contributed by atoms with van der Waals surface area (Å²) in [6.07, 6.45) is 9.06. The Kier molecular flexibility index (Phi) is 3.87. The predicted molar refractivity (Wildman–Crippen MR) is 137 cm³/mol. The lowest BCUT2D eigenvalue weighted by molar-refractivity contribution is 1.09. The van der Waals surface area contributed by atoms with Gasteiger partial charge in [-0.05, 0) is 48.5 Å². The molecule has 6 aromatic rings. The highest BCUT2D eigenvalue weighted by Crippen LogP contribution is 2.38. The van der Waals surface area contributed by atoms with Crippen molar-refractivity contribution in [1.29, 1.82) is 0 Å². The molecule has 1 aliphatic heterocycles. The van der Waals surface area contributed by atoms with Crippen LogP contribution < -0.4 is 0 Å². The minimum Gasteiger partial charge on any atom is -0.308 e. The van der Waals surface area contributed by atoms with Gasteiger partial charge in [0.05, 0.1) is 33.4 Å². The second-order valence-corrected chi connectivity index (χ2v) is 8.28. The Bertz CT molecular complexity index is 1690. The van der Waals surface area contributed by atoms with Crippen molar-refractivity contribution in [3.05, 3.63) is 103 Å². The Balaban J connectivity index is 1.53. The molecule has 3 aromatic carbocycles. The van der Waals surface area contributed by atoms with E-state index in [4.69, 9.17) is 4.99 Å². The minimum atomic E-state index is 0.845. The van der Waals surface area contributed by atoms with Gasteiger partial charge >= 0.3 is 0 Å². The van der Waals surface area contributed by atoms with Crippen LogP contribution >= 0.6 is 0 Å². The number of hydrogen-bond donors (Lipinski definition) is 0. The van der Waals surface area contributed by atoms with E-state index in [0.717, 1.165) is 56.6 Å². The van der Waals surface area contributed by atoms with E-state index in [0.29, 0.717) is 0 Å². The Morgan fingerprint density at radius 1 is 0.667 bits per heavy atom. The molecule has 0 fully saturated rings. The van der Waals surface area contributed by atoms with Gasteiger partial charge in [-0.25, -0.2) is 0 Å². The number of aromatic nitrogens is 3. The summed E-state index contributed by atoms with van der Waals surface area (Å²) in [4.78, 5) is 9.48. The molecule has 0 bridgehead atoms. The molecule has 1 aliphatic rings. The van der Waals surface area contributed by atoms with E-state index in [-0.39, 0.29) is 0 Å². The van der Waals surface area contributed by atoms with E-state index < -0.39 is 0 Å². The molecule has 4 nitrogen and oxygen atoms in total. The van der Waals surface area contributed by atoms with E-state index >= 15 is 0 Å². The van der Waals surface area contributed by atoms with Crippen LogP contribution in [0, 0.1) is 0 Å². The number of para-hydroxylation sites is 2. The molecule has 33 heavy (non-hydrogen) atoms. The van der Waals surface area contributed by atoms with E-state index in [1.54, 1.807) is 0 Å². The summed E-state index contributed by atoms with van der Waals surface area (Å²) in [5.74, 6) is 0. The normalized spacial score (nSPS) is 13.1. The molecular formula is C29H20N4. The Hall–Kier alpha value is -4.44. The second kappa shape index (κ2) is 7.04. The molecule has 0 saturated carbocycles. The van der Waals surface area contributed by atoms with Crippen molar-refractivity contribution in [3.8, 4) is 11.4 Å². The third-order valence-corrected chi connectivity index (χ3v) is 6.39. The first-order valence-corrected chi connectivity index (χ1v) is 11.2. The van der Waals surface area contributed by atoms with E-state index in [2.05, 4.69) is 105 Å². The Morgan fingerprint density at radius 3 is 2.27 bits per heavy atom. The third kappa shape index (κ3) is 2.64. The molecule has 3 aromatic heterocycles. The number of pyridine rings is 1. The molecule has 4 heterocycles. The van der Waals surface area contributed by atoms with Gasteiger partial charge in [0.15, 0.2) is 0 Å². The lowest BCUT2D eigenvalue weighted by Gasteiger charge is -2.13. The fourth-order valence-corrected chi connectivity index (χ4v) is 5.03. The number of allylic oxidation sites excluding steroid dienone is 1. The van der Waals surface area contributed by atoms with Gasteiger partial charge in [0.2, 0.25) is 0 Å². The van der Waals surface area contributed by atoms with Crippen molar-refractivity contribution in [2.24, 2.45) is 4.99 Å². The first-order chi connectivity index (χ1) is 16.4. The van der Waals surface area contributed by atoms with Crippen LogP contribution in [-0.4, -0.2) is 20.3 Å². The molecule has 0 saturated heterocycles. The summed E-state index contributed by atoms with van der Waals surface area (Å²) in [6.45, 7) is 0. The maximum absolute atomic E-state index is 4.79. The summed E-state index contributed by atoms with van der Waals surface area (Å²) >= 11 is 0. The van der Waals surface area contributed by atoms with E-state index in [1.807, 2.05) is 18.5 Å². The molecule has 4 heteroatoms. The molecular weight excluding hydrogens is 404 g/mol. The standard InChI is InChI=1S/C29H20N4/c1-3-13-24-22(11-1)28-26(15-5-6-17-30-28)32(24)20-9-7-10-21(19-20)33-25-14-4-2-12-23(25)29-27(33)16-8-18-31-29/h1-5,7-19H,6H2. The van der Waals surface area contributed by atoms with Gasteiger partial charge in [0.1, 0.15) is 0 Å². The summed E-state index contributed by atoms with van der Waals surface area (Å²) in [5, 5.41) is 2.33. The maximum Gasteiger partial charge on any atom is 0.0963 e. The SMILES string of the molecule is C1=Cc2c(c3ccccc3n2-c2cccc(-n3c4ccccc4c4ncccc43)c2)N=CC1. The highest BCUT2D eigenvalue weighted by molar-refractivity contribution is 6.07. The quantitative estimate of drug-likeness (QED) is 0.288. The zero-order chi connectivity index (χ0) is 21.8. The van der Waals surface area contributed by atoms with Crippen LogP contribution in [0.2, 0.25) is 0 Å². The fraction of sp³-hybridized carbons (Fsp3) is 0.0345. The zero-order valence-corrected chi connectivity index (χ0v) is 17.9. The van der Waals surface area contributed by atoms with Crippen LogP contribution in [-0.2, 0) is 0 Å². The number of aliphatic imine (C=N–C) groups is 1. The molecule has 0 amide bonds. The molecule has 0 unspecified atom stereocenters. The minimum absolute atomic E-state index is 0.845. The molecule has 0 atom stereocenters. The topological polar surface area (TPSA) is 35.1 Å². The lowest BCUT2D eigenvalue weighted by Crippen LogP contribution is -2.00. The van der Waals surface area contributed by atoms with Crippen LogP contribution in [0.25, 0.3) is 50.3 Å². The smallest absolute Gasteiger partial charge is 0.0963 e.